The van der Waals surface area contributed by atoms with Crippen molar-refractivity contribution in [1.82, 2.24) is 20.3 Å². The van der Waals surface area contributed by atoms with Crippen molar-refractivity contribution in [1.29, 1.82) is 0 Å². The Kier molecular flexibility index (Phi) is 4.19. The fourth-order valence-corrected chi connectivity index (χ4v) is 4.19. The summed E-state index contributed by atoms with van der Waals surface area (Å²) >= 11 is 0. The van der Waals surface area contributed by atoms with Crippen LogP contribution in [0.3, 0.4) is 0 Å². The average molecular weight is 363 g/mol. The van der Waals surface area contributed by atoms with Crippen molar-refractivity contribution in [2.75, 3.05) is 24.5 Å². The molecule has 1 saturated carbocycles. The number of amides is 1. The largest absolute Gasteiger partial charge is 0.371 e. The molecule has 0 spiro atoms. The molecule has 140 valence electrons. The number of hydrogen-bond acceptors (Lipinski definition) is 4. The first-order valence-electron chi connectivity index (χ1n) is 10.0. The van der Waals surface area contributed by atoms with Crippen LogP contribution in [0.5, 0.6) is 0 Å². The molecule has 1 saturated heterocycles. The van der Waals surface area contributed by atoms with Crippen LogP contribution in [-0.2, 0) is 4.79 Å². The Morgan fingerprint density at radius 3 is 2.81 bits per heavy atom. The van der Waals surface area contributed by atoms with Crippen LogP contribution in [0.2, 0.25) is 0 Å². The minimum atomic E-state index is 0.232. The van der Waals surface area contributed by atoms with Crippen LogP contribution in [0.15, 0.2) is 30.7 Å². The molecule has 0 radical (unpaired) electrons. The van der Waals surface area contributed by atoms with Gasteiger partial charge in [-0.3, -0.25) is 4.79 Å². The highest BCUT2D eigenvalue weighted by atomic mass is 16.1. The molecule has 6 nitrogen and oxygen atoms in total. The van der Waals surface area contributed by atoms with Crippen molar-refractivity contribution in [2.45, 2.75) is 32.1 Å². The van der Waals surface area contributed by atoms with Gasteiger partial charge in [-0.1, -0.05) is 0 Å². The van der Waals surface area contributed by atoms with Crippen LogP contribution >= 0.6 is 0 Å². The highest BCUT2D eigenvalue weighted by Crippen LogP contribution is 2.34. The third-order valence-corrected chi connectivity index (χ3v) is 5.98. The van der Waals surface area contributed by atoms with Gasteiger partial charge < -0.3 is 15.2 Å². The second-order valence-corrected chi connectivity index (χ2v) is 7.97. The maximum Gasteiger partial charge on any atom is 0.220 e. The molecule has 1 amide bonds. The topological polar surface area (TPSA) is 73.9 Å². The number of hydrogen-bond donors (Lipinski definition) is 2. The molecular formula is C21H25N5O. The van der Waals surface area contributed by atoms with E-state index in [4.69, 9.17) is 0 Å². The smallest absolute Gasteiger partial charge is 0.220 e. The fraction of sp³-hybridized carbons (Fsp3) is 0.476. The summed E-state index contributed by atoms with van der Waals surface area (Å²) in [5, 5.41) is 5.40. The van der Waals surface area contributed by atoms with E-state index in [2.05, 4.69) is 31.2 Å². The summed E-state index contributed by atoms with van der Waals surface area (Å²) < 4.78 is 0. The number of fused-ring (bicyclic) bond motifs is 3. The third-order valence-electron chi connectivity index (χ3n) is 5.98. The fourth-order valence-electron chi connectivity index (χ4n) is 4.19. The van der Waals surface area contributed by atoms with E-state index in [9.17, 15) is 4.79 Å². The van der Waals surface area contributed by atoms with Crippen molar-refractivity contribution in [3.05, 3.63) is 30.7 Å². The van der Waals surface area contributed by atoms with E-state index in [-0.39, 0.29) is 5.91 Å². The van der Waals surface area contributed by atoms with Gasteiger partial charge in [-0.05, 0) is 49.7 Å². The molecule has 2 fully saturated rings. The third kappa shape index (κ3) is 3.36. The lowest BCUT2D eigenvalue weighted by atomic mass is 9.92. The SMILES string of the molecule is O=C(CC1CCN(c2cc[nH]c3cnc4nccc4c23)CC1)NCC1CC1. The molecule has 3 aromatic rings. The van der Waals surface area contributed by atoms with E-state index in [1.54, 1.807) is 0 Å². The van der Waals surface area contributed by atoms with E-state index in [0.717, 1.165) is 54.9 Å². The molecule has 6 heteroatoms. The van der Waals surface area contributed by atoms with Gasteiger partial charge in [0.05, 0.1) is 11.7 Å². The van der Waals surface area contributed by atoms with Gasteiger partial charge in [0.2, 0.25) is 5.91 Å². The minimum Gasteiger partial charge on any atom is -0.371 e. The predicted octanol–water partition coefficient (Wildman–Crippen LogP) is 3.24. The molecule has 27 heavy (non-hydrogen) atoms. The molecule has 0 atom stereocenters. The Labute approximate surface area is 158 Å². The lowest BCUT2D eigenvalue weighted by Gasteiger charge is -2.34. The predicted molar refractivity (Wildman–Crippen MR) is 107 cm³/mol. The molecule has 0 unspecified atom stereocenters. The van der Waals surface area contributed by atoms with Crippen LogP contribution in [-0.4, -0.2) is 40.5 Å². The Morgan fingerprint density at radius 2 is 2.00 bits per heavy atom. The average Bonchev–Trinajstić information content (AvgIpc) is 3.40. The van der Waals surface area contributed by atoms with Crippen molar-refractivity contribution in [3.8, 4) is 0 Å². The van der Waals surface area contributed by atoms with Crippen LogP contribution in [0, 0.1) is 11.8 Å². The lowest BCUT2D eigenvalue weighted by molar-refractivity contribution is -0.122. The van der Waals surface area contributed by atoms with E-state index in [0.29, 0.717) is 12.3 Å². The van der Waals surface area contributed by atoms with Gasteiger partial charge in [0.25, 0.3) is 0 Å². The van der Waals surface area contributed by atoms with Gasteiger partial charge in [-0.15, -0.1) is 0 Å². The number of H-pyrrole nitrogens is 1. The van der Waals surface area contributed by atoms with E-state index in [1.165, 1.54) is 23.9 Å². The number of aromatic amines is 1. The normalized spacial score (nSPS) is 18.3. The summed E-state index contributed by atoms with van der Waals surface area (Å²) in [6.07, 6.45) is 11.0. The van der Waals surface area contributed by atoms with Crippen molar-refractivity contribution >= 4 is 33.5 Å². The zero-order chi connectivity index (χ0) is 18.2. The molecular weight excluding hydrogens is 338 g/mol. The van der Waals surface area contributed by atoms with Gasteiger partial charge in [0.1, 0.15) is 0 Å². The number of rotatable bonds is 5. The summed E-state index contributed by atoms with van der Waals surface area (Å²) in [5.41, 5.74) is 3.07. The number of piperidine rings is 1. The zero-order valence-electron chi connectivity index (χ0n) is 15.4. The molecule has 0 aromatic carbocycles. The minimum absolute atomic E-state index is 0.232. The molecule has 2 N–H and O–H groups in total. The summed E-state index contributed by atoms with van der Waals surface area (Å²) in [5.74, 6) is 1.47. The monoisotopic (exact) mass is 363 g/mol. The Bertz CT molecular complexity index is 969. The van der Waals surface area contributed by atoms with Crippen LogP contribution in [0.25, 0.3) is 21.9 Å². The van der Waals surface area contributed by atoms with Crippen LogP contribution < -0.4 is 10.2 Å². The van der Waals surface area contributed by atoms with Gasteiger partial charge in [-0.25, -0.2) is 9.97 Å². The van der Waals surface area contributed by atoms with E-state index in [1.807, 2.05) is 24.7 Å². The second-order valence-electron chi connectivity index (χ2n) is 7.97. The number of carbonyl (C=O) groups excluding carboxylic acids is 1. The first kappa shape index (κ1) is 16.5. The molecule has 2 aliphatic rings. The lowest BCUT2D eigenvalue weighted by Crippen LogP contribution is -2.36. The standard InChI is InChI=1S/C21H25N5O/c27-19(24-12-15-1-2-15)11-14-5-9-26(10-6-14)18-4-8-22-17-13-25-21-16(20(17)18)3-7-23-21/h3-4,7-8,13-15,22H,1-2,5-6,9-12H2,(H,24,27). The maximum absolute atomic E-state index is 12.1. The number of pyridine rings is 2. The first-order valence-corrected chi connectivity index (χ1v) is 10.0. The highest BCUT2D eigenvalue weighted by molar-refractivity contribution is 6.09. The zero-order valence-corrected chi connectivity index (χ0v) is 15.4. The number of aromatic nitrogens is 3. The first-order chi connectivity index (χ1) is 13.3. The summed E-state index contributed by atoms with van der Waals surface area (Å²) in [4.78, 5) is 26.7. The van der Waals surface area contributed by atoms with Crippen molar-refractivity contribution in [2.24, 2.45) is 11.8 Å². The maximum atomic E-state index is 12.1. The Morgan fingerprint density at radius 1 is 1.15 bits per heavy atom. The number of nitrogens with zero attached hydrogens (tertiary/aromatic N) is 3. The molecule has 4 heterocycles. The quantitative estimate of drug-likeness (QED) is 0.730. The number of carbonyl (C=O) groups is 1. The number of nitrogens with one attached hydrogen (secondary N) is 2. The summed E-state index contributed by atoms with van der Waals surface area (Å²) in [6, 6.07) is 4.19. The van der Waals surface area contributed by atoms with Gasteiger partial charge in [-0.2, -0.15) is 0 Å². The highest BCUT2D eigenvalue weighted by Gasteiger charge is 2.25. The molecule has 3 aromatic heterocycles. The van der Waals surface area contributed by atoms with Crippen molar-refractivity contribution in [3.63, 3.8) is 0 Å². The Balaban J connectivity index is 1.29. The molecule has 1 aliphatic carbocycles. The van der Waals surface area contributed by atoms with Gasteiger partial charge in [0, 0.05) is 54.9 Å². The molecule has 0 bridgehead atoms. The van der Waals surface area contributed by atoms with Crippen LogP contribution in [0.4, 0.5) is 5.69 Å². The van der Waals surface area contributed by atoms with Gasteiger partial charge in [0.15, 0.2) is 5.65 Å². The van der Waals surface area contributed by atoms with E-state index < -0.39 is 0 Å². The molecule has 1 aliphatic heterocycles. The van der Waals surface area contributed by atoms with Gasteiger partial charge >= 0.3 is 0 Å². The summed E-state index contributed by atoms with van der Waals surface area (Å²) in [6.45, 7) is 2.84. The van der Waals surface area contributed by atoms with Crippen molar-refractivity contribution < 1.29 is 4.79 Å². The number of anilines is 1. The molecule has 5 rings (SSSR count). The second kappa shape index (κ2) is 6.83. The Hall–Kier alpha value is -2.63. The van der Waals surface area contributed by atoms with E-state index >= 15 is 0 Å². The summed E-state index contributed by atoms with van der Waals surface area (Å²) in [7, 11) is 0. The van der Waals surface area contributed by atoms with Crippen LogP contribution in [0.1, 0.15) is 32.1 Å².